The summed E-state index contributed by atoms with van der Waals surface area (Å²) in [5, 5.41) is 7.38. The number of aromatic amines is 1. The van der Waals surface area contributed by atoms with E-state index in [0.29, 0.717) is 0 Å². The van der Waals surface area contributed by atoms with Crippen LogP contribution in [0.2, 0.25) is 0 Å². The van der Waals surface area contributed by atoms with Gasteiger partial charge < -0.3 is 4.90 Å². The summed E-state index contributed by atoms with van der Waals surface area (Å²) in [6, 6.07) is 8.53. The zero-order valence-corrected chi connectivity index (χ0v) is 13.1. The van der Waals surface area contributed by atoms with E-state index >= 15 is 0 Å². The molecule has 96 valence electrons. The van der Waals surface area contributed by atoms with E-state index < -0.39 is 0 Å². The maximum Gasteiger partial charge on any atom is 0.164 e. The van der Waals surface area contributed by atoms with Crippen LogP contribution < -0.4 is 4.90 Å². The molecule has 1 aromatic carbocycles. The van der Waals surface area contributed by atoms with Crippen molar-refractivity contribution in [1.29, 1.82) is 0 Å². The first-order valence-electron chi connectivity index (χ1n) is 5.78. The Labute approximate surface area is 120 Å². The van der Waals surface area contributed by atoms with Gasteiger partial charge in [-0.2, -0.15) is 5.10 Å². The molecule has 0 radical (unpaired) electrons. The quantitative estimate of drug-likeness (QED) is 0.861. The first kappa shape index (κ1) is 13.5. The summed E-state index contributed by atoms with van der Waals surface area (Å²) in [6.07, 6.45) is 0. The number of halogens is 1. The van der Waals surface area contributed by atoms with Gasteiger partial charge in [-0.05, 0) is 33.8 Å². The molecule has 0 saturated carbocycles. The molecule has 0 aliphatic carbocycles. The third-order valence-corrected chi connectivity index (χ3v) is 4.21. The zero-order valence-electron chi connectivity index (χ0n) is 10.7. The average molecular weight is 326 g/mol. The summed E-state index contributed by atoms with van der Waals surface area (Å²) in [5.41, 5.74) is 2.16. The number of H-pyrrole nitrogens is 1. The van der Waals surface area contributed by atoms with Crippen molar-refractivity contribution >= 4 is 33.5 Å². The number of anilines is 1. The van der Waals surface area contributed by atoms with Crippen molar-refractivity contribution in [3.63, 3.8) is 0 Å². The summed E-state index contributed by atoms with van der Waals surface area (Å²) >= 11 is 5.44. The van der Waals surface area contributed by atoms with E-state index in [9.17, 15) is 0 Å². The molecule has 1 aromatic heterocycles. The van der Waals surface area contributed by atoms with Gasteiger partial charge in [0.05, 0.1) is 10.2 Å². The second-order valence-electron chi connectivity index (χ2n) is 4.09. The SMILES string of the molecule is CCSc1ccc(-c2[nH]nc(N(C)C)c2Br)cc1. The van der Waals surface area contributed by atoms with Crippen LogP contribution in [-0.2, 0) is 0 Å². The van der Waals surface area contributed by atoms with Crippen LogP contribution in [0.3, 0.4) is 0 Å². The Morgan fingerprint density at radius 2 is 1.94 bits per heavy atom. The van der Waals surface area contributed by atoms with Crippen molar-refractivity contribution in [1.82, 2.24) is 10.2 Å². The van der Waals surface area contributed by atoms with Gasteiger partial charge in [-0.25, -0.2) is 0 Å². The first-order chi connectivity index (χ1) is 8.63. The van der Waals surface area contributed by atoms with Gasteiger partial charge in [0.2, 0.25) is 0 Å². The summed E-state index contributed by atoms with van der Waals surface area (Å²) < 4.78 is 1.00. The molecule has 0 atom stereocenters. The number of thioether (sulfide) groups is 1. The molecule has 0 saturated heterocycles. The van der Waals surface area contributed by atoms with E-state index in [4.69, 9.17) is 0 Å². The molecule has 2 aromatic rings. The second-order valence-corrected chi connectivity index (χ2v) is 6.22. The Morgan fingerprint density at radius 3 is 2.44 bits per heavy atom. The molecule has 5 heteroatoms. The van der Waals surface area contributed by atoms with Gasteiger partial charge in [0.15, 0.2) is 5.82 Å². The lowest BCUT2D eigenvalue weighted by atomic mass is 10.1. The molecule has 2 rings (SSSR count). The molecule has 0 spiro atoms. The van der Waals surface area contributed by atoms with Crippen molar-refractivity contribution in [2.45, 2.75) is 11.8 Å². The number of benzene rings is 1. The van der Waals surface area contributed by atoms with Crippen LogP contribution in [-0.4, -0.2) is 30.0 Å². The number of nitrogens with zero attached hydrogens (tertiary/aromatic N) is 2. The van der Waals surface area contributed by atoms with E-state index in [1.54, 1.807) is 0 Å². The molecule has 3 nitrogen and oxygen atoms in total. The highest BCUT2D eigenvalue weighted by molar-refractivity contribution is 9.10. The lowest BCUT2D eigenvalue weighted by molar-refractivity contribution is 1.01. The van der Waals surface area contributed by atoms with E-state index in [1.165, 1.54) is 4.90 Å². The van der Waals surface area contributed by atoms with Crippen molar-refractivity contribution in [3.05, 3.63) is 28.7 Å². The Balaban J connectivity index is 2.31. The highest BCUT2D eigenvalue weighted by Gasteiger charge is 2.13. The Bertz CT molecular complexity index is 520. The van der Waals surface area contributed by atoms with Crippen LogP contribution in [0, 0.1) is 0 Å². The standard InChI is InChI=1S/C13H16BrN3S/c1-4-18-10-7-5-9(6-8-10)12-11(14)13(16-15-12)17(2)3/h5-8H,4H2,1-3H3,(H,15,16). The molecule has 0 aliphatic heterocycles. The van der Waals surface area contributed by atoms with E-state index in [-0.39, 0.29) is 0 Å². The predicted octanol–water partition coefficient (Wildman–Crippen LogP) is 4.02. The third-order valence-electron chi connectivity index (χ3n) is 2.57. The largest absolute Gasteiger partial charge is 0.360 e. The Hall–Kier alpha value is -0.940. The molecular weight excluding hydrogens is 310 g/mol. The Kier molecular flexibility index (Phi) is 4.35. The lowest BCUT2D eigenvalue weighted by Gasteiger charge is -2.08. The van der Waals surface area contributed by atoms with Crippen LogP contribution in [0.4, 0.5) is 5.82 Å². The van der Waals surface area contributed by atoms with Gasteiger partial charge in [0.25, 0.3) is 0 Å². The van der Waals surface area contributed by atoms with Crippen LogP contribution in [0.5, 0.6) is 0 Å². The highest BCUT2D eigenvalue weighted by Crippen LogP contribution is 2.33. The third kappa shape index (κ3) is 2.72. The molecular formula is C13H16BrN3S. The molecule has 0 bridgehead atoms. The fourth-order valence-corrected chi connectivity index (χ4v) is 3.11. The normalized spacial score (nSPS) is 10.7. The topological polar surface area (TPSA) is 31.9 Å². The lowest BCUT2D eigenvalue weighted by Crippen LogP contribution is -2.09. The van der Waals surface area contributed by atoms with Crippen LogP contribution in [0.25, 0.3) is 11.3 Å². The summed E-state index contributed by atoms with van der Waals surface area (Å²) in [7, 11) is 3.96. The molecule has 0 amide bonds. The van der Waals surface area contributed by atoms with Gasteiger partial charge in [0.1, 0.15) is 0 Å². The number of nitrogens with one attached hydrogen (secondary N) is 1. The summed E-state index contributed by atoms with van der Waals surface area (Å²) in [5.74, 6) is 2.01. The fraction of sp³-hybridized carbons (Fsp3) is 0.308. The smallest absolute Gasteiger partial charge is 0.164 e. The number of hydrogen-bond donors (Lipinski definition) is 1. The van der Waals surface area contributed by atoms with Crippen LogP contribution in [0.15, 0.2) is 33.6 Å². The number of aromatic nitrogens is 2. The maximum absolute atomic E-state index is 4.30. The van der Waals surface area contributed by atoms with Gasteiger partial charge in [-0.15, -0.1) is 11.8 Å². The van der Waals surface area contributed by atoms with E-state index in [2.05, 4.69) is 57.3 Å². The monoisotopic (exact) mass is 325 g/mol. The van der Waals surface area contributed by atoms with Crippen molar-refractivity contribution < 1.29 is 0 Å². The van der Waals surface area contributed by atoms with Crippen LogP contribution in [0.1, 0.15) is 6.92 Å². The van der Waals surface area contributed by atoms with Crippen LogP contribution >= 0.6 is 27.7 Å². The number of hydrogen-bond acceptors (Lipinski definition) is 3. The average Bonchev–Trinajstić information content (AvgIpc) is 2.73. The van der Waals surface area contributed by atoms with E-state index in [0.717, 1.165) is 27.3 Å². The van der Waals surface area contributed by atoms with Gasteiger partial charge in [0, 0.05) is 24.6 Å². The van der Waals surface area contributed by atoms with E-state index in [1.807, 2.05) is 30.8 Å². The molecule has 0 fully saturated rings. The second kappa shape index (κ2) is 5.80. The highest BCUT2D eigenvalue weighted by atomic mass is 79.9. The predicted molar refractivity (Wildman–Crippen MR) is 82.4 cm³/mol. The number of rotatable bonds is 4. The first-order valence-corrected chi connectivity index (χ1v) is 7.55. The summed E-state index contributed by atoms with van der Waals surface area (Å²) in [6.45, 7) is 2.16. The molecule has 1 heterocycles. The minimum absolute atomic E-state index is 0.914. The van der Waals surface area contributed by atoms with Crippen molar-refractivity contribution in [2.24, 2.45) is 0 Å². The van der Waals surface area contributed by atoms with Crippen molar-refractivity contribution in [2.75, 3.05) is 24.7 Å². The molecule has 0 aliphatic rings. The Morgan fingerprint density at radius 1 is 1.28 bits per heavy atom. The minimum atomic E-state index is 0.914. The molecule has 18 heavy (non-hydrogen) atoms. The fourth-order valence-electron chi connectivity index (χ4n) is 1.69. The minimum Gasteiger partial charge on any atom is -0.360 e. The zero-order chi connectivity index (χ0) is 13.1. The maximum atomic E-state index is 4.30. The van der Waals surface area contributed by atoms with Gasteiger partial charge in [-0.1, -0.05) is 19.1 Å². The van der Waals surface area contributed by atoms with Gasteiger partial charge in [-0.3, -0.25) is 5.10 Å². The molecule has 1 N–H and O–H groups in total. The van der Waals surface area contributed by atoms with Gasteiger partial charge >= 0.3 is 0 Å². The summed E-state index contributed by atoms with van der Waals surface area (Å²) in [4.78, 5) is 3.27. The molecule has 0 unspecified atom stereocenters. The van der Waals surface area contributed by atoms with Crippen molar-refractivity contribution in [3.8, 4) is 11.3 Å².